The van der Waals surface area contributed by atoms with E-state index in [-0.39, 0.29) is 0 Å². The Morgan fingerprint density at radius 3 is 3.00 bits per heavy atom. The van der Waals surface area contributed by atoms with Gasteiger partial charge in [-0.3, -0.25) is 0 Å². The Morgan fingerprint density at radius 2 is 2.28 bits per heavy atom. The number of nitrogens with zero attached hydrogens (tertiary/aromatic N) is 1. The highest BCUT2D eigenvalue weighted by Gasteiger charge is 2.19. The molecule has 1 aromatic heterocycles. The second kappa shape index (κ2) is 4.71. The maximum atomic E-state index is 3.59. The SMILES string of the molecule is Cc1c(CC2CCNC2)c2cc(Br)ccc2n1C. The van der Waals surface area contributed by atoms with Crippen LogP contribution in [-0.4, -0.2) is 17.7 Å². The zero-order valence-corrected chi connectivity index (χ0v) is 12.5. The summed E-state index contributed by atoms with van der Waals surface area (Å²) in [6.07, 6.45) is 2.51. The van der Waals surface area contributed by atoms with Gasteiger partial charge in [-0.2, -0.15) is 0 Å². The Balaban J connectivity index is 2.08. The Bertz CT molecular complexity index is 580. The fraction of sp³-hybridized carbons (Fsp3) is 0.467. The van der Waals surface area contributed by atoms with E-state index in [1.54, 1.807) is 0 Å². The van der Waals surface area contributed by atoms with Crippen LogP contribution in [0.1, 0.15) is 17.7 Å². The van der Waals surface area contributed by atoms with Crippen molar-refractivity contribution in [1.29, 1.82) is 0 Å². The number of benzene rings is 1. The molecule has 2 nitrogen and oxygen atoms in total. The largest absolute Gasteiger partial charge is 0.348 e. The second-order valence-electron chi connectivity index (χ2n) is 5.35. The minimum atomic E-state index is 0.799. The fourth-order valence-electron chi connectivity index (χ4n) is 3.06. The normalized spacial score (nSPS) is 19.8. The van der Waals surface area contributed by atoms with Crippen molar-refractivity contribution in [1.82, 2.24) is 9.88 Å². The fourth-order valence-corrected chi connectivity index (χ4v) is 3.42. The van der Waals surface area contributed by atoms with Gasteiger partial charge in [-0.1, -0.05) is 15.9 Å². The molecule has 2 heterocycles. The molecule has 1 atom stereocenters. The molecular weight excluding hydrogens is 288 g/mol. The molecule has 0 aliphatic carbocycles. The van der Waals surface area contributed by atoms with E-state index in [0.717, 1.165) is 5.92 Å². The van der Waals surface area contributed by atoms with Crippen molar-refractivity contribution in [2.45, 2.75) is 19.8 Å². The van der Waals surface area contributed by atoms with Crippen LogP contribution in [0.3, 0.4) is 0 Å². The van der Waals surface area contributed by atoms with Gasteiger partial charge in [0.2, 0.25) is 0 Å². The Morgan fingerprint density at radius 1 is 1.44 bits per heavy atom. The predicted molar refractivity (Wildman–Crippen MR) is 80.0 cm³/mol. The van der Waals surface area contributed by atoms with Crippen molar-refractivity contribution in [3.05, 3.63) is 33.9 Å². The van der Waals surface area contributed by atoms with E-state index in [0.29, 0.717) is 0 Å². The highest BCUT2D eigenvalue weighted by atomic mass is 79.9. The van der Waals surface area contributed by atoms with Gasteiger partial charge in [0.05, 0.1) is 0 Å². The van der Waals surface area contributed by atoms with Gasteiger partial charge in [0.15, 0.2) is 0 Å². The summed E-state index contributed by atoms with van der Waals surface area (Å²) < 4.78 is 3.49. The molecule has 1 aliphatic heterocycles. The van der Waals surface area contributed by atoms with Crippen LogP contribution in [0, 0.1) is 12.8 Å². The van der Waals surface area contributed by atoms with Crippen LogP contribution in [-0.2, 0) is 13.5 Å². The third-order valence-corrected chi connectivity index (χ3v) is 4.73. The Labute approximate surface area is 116 Å². The number of halogens is 1. The summed E-state index contributed by atoms with van der Waals surface area (Å²) in [6.45, 7) is 4.59. The van der Waals surface area contributed by atoms with Gasteiger partial charge in [-0.25, -0.2) is 0 Å². The van der Waals surface area contributed by atoms with Gasteiger partial charge in [-0.05, 0) is 62.5 Å². The number of hydrogen-bond donors (Lipinski definition) is 1. The van der Waals surface area contributed by atoms with E-state index in [4.69, 9.17) is 0 Å². The van der Waals surface area contributed by atoms with Crippen LogP contribution < -0.4 is 5.32 Å². The number of rotatable bonds is 2. The van der Waals surface area contributed by atoms with Gasteiger partial charge in [-0.15, -0.1) is 0 Å². The molecule has 0 saturated carbocycles. The van der Waals surface area contributed by atoms with Crippen molar-refractivity contribution >= 4 is 26.8 Å². The topological polar surface area (TPSA) is 17.0 Å². The molecule has 1 saturated heterocycles. The average Bonchev–Trinajstić information content (AvgIpc) is 2.93. The third-order valence-electron chi connectivity index (χ3n) is 4.24. The maximum Gasteiger partial charge on any atom is 0.0483 e. The first-order valence-electron chi connectivity index (χ1n) is 6.61. The molecule has 3 heteroatoms. The lowest BCUT2D eigenvalue weighted by Crippen LogP contribution is -2.11. The minimum Gasteiger partial charge on any atom is -0.348 e. The molecule has 1 aromatic carbocycles. The number of nitrogens with one attached hydrogen (secondary N) is 1. The lowest BCUT2D eigenvalue weighted by Gasteiger charge is -2.08. The van der Waals surface area contributed by atoms with Crippen molar-refractivity contribution in [2.75, 3.05) is 13.1 Å². The van der Waals surface area contributed by atoms with E-state index in [1.807, 2.05) is 0 Å². The van der Waals surface area contributed by atoms with E-state index in [2.05, 4.69) is 58.0 Å². The van der Waals surface area contributed by atoms with E-state index in [1.165, 1.54) is 52.6 Å². The summed E-state index contributed by atoms with van der Waals surface area (Å²) in [5, 5.41) is 4.88. The maximum absolute atomic E-state index is 3.59. The van der Waals surface area contributed by atoms with Gasteiger partial charge in [0.25, 0.3) is 0 Å². The first-order valence-corrected chi connectivity index (χ1v) is 7.40. The third kappa shape index (κ3) is 1.99. The van der Waals surface area contributed by atoms with Crippen molar-refractivity contribution in [2.24, 2.45) is 13.0 Å². The highest BCUT2D eigenvalue weighted by Crippen LogP contribution is 2.30. The lowest BCUT2D eigenvalue weighted by molar-refractivity contribution is 0.579. The molecule has 0 bridgehead atoms. The predicted octanol–water partition coefficient (Wildman–Crippen LogP) is 3.40. The zero-order valence-electron chi connectivity index (χ0n) is 11.0. The molecule has 1 aliphatic rings. The lowest BCUT2D eigenvalue weighted by atomic mass is 9.96. The van der Waals surface area contributed by atoms with Crippen LogP contribution in [0.15, 0.2) is 22.7 Å². The molecule has 18 heavy (non-hydrogen) atoms. The first kappa shape index (κ1) is 12.2. The number of fused-ring (bicyclic) bond motifs is 1. The van der Waals surface area contributed by atoms with Crippen LogP contribution in [0.25, 0.3) is 10.9 Å². The van der Waals surface area contributed by atoms with Crippen molar-refractivity contribution < 1.29 is 0 Å². The van der Waals surface area contributed by atoms with Gasteiger partial charge >= 0.3 is 0 Å². The summed E-state index contributed by atoms with van der Waals surface area (Å²) in [5.74, 6) is 0.799. The van der Waals surface area contributed by atoms with Crippen molar-refractivity contribution in [3.63, 3.8) is 0 Å². The van der Waals surface area contributed by atoms with E-state index in [9.17, 15) is 0 Å². The number of aromatic nitrogens is 1. The van der Waals surface area contributed by atoms with Crippen LogP contribution in [0.4, 0.5) is 0 Å². The van der Waals surface area contributed by atoms with Crippen LogP contribution in [0.2, 0.25) is 0 Å². The molecule has 1 unspecified atom stereocenters. The molecule has 0 amide bonds. The van der Waals surface area contributed by atoms with Crippen molar-refractivity contribution in [3.8, 4) is 0 Å². The van der Waals surface area contributed by atoms with Crippen LogP contribution in [0.5, 0.6) is 0 Å². The smallest absolute Gasteiger partial charge is 0.0483 e. The molecule has 3 rings (SSSR count). The van der Waals surface area contributed by atoms with E-state index < -0.39 is 0 Å². The summed E-state index contributed by atoms with van der Waals surface area (Å²) >= 11 is 3.59. The summed E-state index contributed by atoms with van der Waals surface area (Å²) in [5.41, 5.74) is 4.29. The van der Waals surface area contributed by atoms with Gasteiger partial charge in [0, 0.05) is 28.1 Å². The molecule has 0 spiro atoms. The molecule has 2 aromatic rings. The summed E-state index contributed by atoms with van der Waals surface area (Å²) in [6, 6.07) is 6.60. The average molecular weight is 307 g/mol. The molecule has 0 radical (unpaired) electrons. The summed E-state index contributed by atoms with van der Waals surface area (Å²) in [7, 11) is 2.17. The molecule has 1 fully saturated rings. The Hall–Kier alpha value is -0.800. The quantitative estimate of drug-likeness (QED) is 0.900. The minimum absolute atomic E-state index is 0.799. The molecular formula is C15H19BrN2. The van der Waals surface area contributed by atoms with Gasteiger partial charge in [0.1, 0.15) is 0 Å². The second-order valence-corrected chi connectivity index (χ2v) is 6.26. The standard InChI is InChI=1S/C15H19BrN2/c1-10-13(7-11-5-6-17-9-11)14-8-12(16)3-4-15(14)18(10)2/h3-4,8,11,17H,5-7,9H2,1-2H3. The highest BCUT2D eigenvalue weighted by molar-refractivity contribution is 9.10. The molecule has 1 N–H and O–H groups in total. The number of hydrogen-bond acceptors (Lipinski definition) is 1. The molecule has 96 valence electrons. The van der Waals surface area contributed by atoms with Crippen LogP contribution >= 0.6 is 15.9 Å². The Kier molecular flexibility index (Phi) is 3.20. The first-order chi connectivity index (χ1) is 8.66. The summed E-state index contributed by atoms with van der Waals surface area (Å²) in [4.78, 5) is 0. The van der Waals surface area contributed by atoms with Gasteiger partial charge < -0.3 is 9.88 Å². The number of aryl methyl sites for hydroxylation is 1. The van der Waals surface area contributed by atoms with E-state index >= 15 is 0 Å². The monoisotopic (exact) mass is 306 g/mol. The zero-order chi connectivity index (χ0) is 12.7.